The topological polar surface area (TPSA) is 89.1 Å². The van der Waals surface area contributed by atoms with Crippen LogP contribution in [-0.2, 0) is 9.73 Å². The third kappa shape index (κ3) is 4.60. The van der Waals surface area contributed by atoms with Gasteiger partial charge in [-0.15, -0.1) is 0 Å². The molecule has 1 aromatic rings. The molecule has 0 spiro atoms. The first-order valence-electron chi connectivity index (χ1n) is 5.38. The molecule has 6 nitrogen and oxygen atoms in total. The fraction of sp³-hybridized carbons (Fsp3) is 0.333. The van der Waals surface area contributed by atoms with Crippen LogP contribution < -0.4 is 0 Å². The van der Waals surface area contributed by atoms with Crippen LogP contribution in [-0.4, -0.2) is 47.2 Å². The van der Waals surface area contributed by atoms with E-state index in [0.29, 0.717) is 11.4 Å². The smallest absolute Gasteiger partial charge is 0.137 e. The second-order valence-corrected chi connectivity index (χ2v) is 7.00. The predicted octanol–water partition coefficient (Wildman–Crippen LogP) is 1.84. The van der Waals surface area contributed by atoms with Crippen molar-refractivity contribution in [3.05, 3.63) is 17.7 Å². The molecule has 102 valence electrons. The van der Waals surface area contributed by atoms with Crippen LogP contribution in [0.25, 0.3) is 0 Å². The van der Waals surface area contributed by atoms with Crippen LogP contribution in [0.2, 0.25) is 0 Å². The summed E-state index contributed by atoms with van der Waals surface area (Å²) >= 11 is 0. The Labute approximate surface area is 113 Å². The van der Waals surface area contributed by atoms with Gasteiger partial charge in [0, 0.05) is 42.4 Å². The van der Waals surface area contributed by atoms with Crippen molar-refractivity contribution in [2.75, 3.05) is 26.6 Å². The highest BCUT2D eigenvalue weighted by atomic mass is 32.2. The third-order valence-corrected chi connectivity index (χ3v) is 2.60. The molecular weight excluding hydrogens is 264 g/mol. The fourth-order valence-electron chi connectivity index (χ4n) is 1.30. The number of benzene rings is 1. The number of hydrogen-bond acceptors (Lipinski definition) is 5. The quantitative estimate of drug-likeness (QED) is 0.676. The number of aromatic hydroxyl groups is 1. The number of phenols is 1. The molecule has 0 atom stereocenters. The van der Waals surface area contributed by atoms with E-state index in [2.05, 4.69) is 9.36 Å². The Bertz CT molecular complexity index is 657. The second kappa shape index (κ2) is 5.71. The number of hydrogen-bond donors (Lipinski definition) is 1. The zero-order chi connectivity index (χ0) is 14.6. The average Bonchev–Trinajstić information content (AvgIpc) is 2.23. The van der Waals surface area contributed by atoms with Crippen molar-refractivity contribution in [1.29, 1.82) is 5.26 Å². The highest BCUT2D eigenvalue weighted by molar-refractivity contribution is 7.92. The number of rotatable bonds is 3. The maximum absolute atomic E-state index is 11.6. The Morgan fingerprint density at radius 2 is 2.05 bits per heavy atom. The fourth-order valence-corrected chi connectivity index (χ4v) is 1.91. The van der Waals surface area contributed by atoms with E-state index in [9.17, 15) is 9.32 Å². The van der Waals surface area contributed by atoms with Gasteiger partial charge in [-0.1, -0.05) is 0 Å². The molecule has 1 rings (SSSR count). The number of nitriles is 1. The average molecular weight is 280 g/mol. The van der Waals surface area contributed by atoms with Crippen LogP contribution in [0.1, 0.15) is 5.56 Å². The van der Waals surface area contributed by atoms with Gasteiger partial charge >= 0.3 is 0 Å². The Balaban J connectivity index is 3.44. The molecule has 0 saturated carbocycles. The summed E-state index contributed by atoms with van der Waals surface area (Å²) in [5, 5.41) is 18.8. The number of aliphatic imine (C=N–C) groups is 1. The van der Waals surface area contributed by atoms with Gasteiger partial charge in [0.15, 0.2) is 0 Å². The van der Waals surface area contributed by atoms with Gasteiger partial charge in [0.05, 0.1) is 17.7 Å². The van der Waals surface area contributed by atoms with Crippen LogP contribution in [0.5, 0.6) is 5.75 Å². The van der Waals surface area contributed by atoms with E-state index in [0.717, 1.165) is 0 Å². The van der Waals surface area contributed by atoms with Gasteiger partial charge in [-0.3, -0.25) is 0 Å². The summed E-state index contributed by atoms with van der Waals surface area (Å²) in [7, 11) is 1.23. The van der Waals surface area contributed by atoms with Gasteiger partial charge < -0.3 is 10.0 Å². The molecule has 0 aromatic heterocycles. The lowest BCUT2D eigenvalue weighted by atomic mass is 10.1. The minimum Gasteiger partial charge on any atom is -0.506 e. The van der Waals surface area contributed by atoms with Crippen molar-refractivity contribution in [2.45, 2.75) is 0 Å². The van der Waals surface area contributed by atoms with Crippen molar-refractivity contribution in [3.8, 4) is 11.8 Å². The summed E-state index contributed by atoms with van der Waals surface area (Å²) < 4.78 is 15.6. The normalized spacial score (nSPS) is 11.3. The molecule has 0 amide bonds. The van der Waals surface area contributed by atoms with Crippen LogP contribution in [0.4, 0.5) is 11.4 Å². The van der Waals surface area contributed by atoms with E-state index in [1.165, 1.54) is 31.0 Å². The van der Waals surface area contributed by atoms with Gasteiger partial charge in [-0.05, 0) is 6.07 Å². The van der Waals surface area contributed by atoms with Crippen molar-refractivity contribution in [1.82, 2.24) is 4.90 Å². The second-order valence-electron chi connectivity index (χ2n) is 4.45. The molecule has 0 saturated heterocycles. The molecule has 0 aliphatic carbocycles. The molecular formula is C12H16N4O2S. The Hall–Kier alpha value is -2.07. The SMILES string of the molecule is CN(C)C=Nc1cc(N=S(C)(C)=O)cc(O)c1C#N. The minimum atomic E-state index is -2.34. The molecule has 0 heterocycles. The van der Waals surface area contributed by atoms with E-state index >= 15 is 0 Å². The number of nitrogens with zero attached hydrogens (tertiary/aromatic N) is 4. The first-order chi connectivity index (χ1) is 8.73. The van der Waals surface area contributed by atoms with Crippen molar-refractivity contribution in [3.63, 3.8) is 0 Å². The van der Waals surface area contributed by atoms with Gasteiger partial charge in [-0.2, -0.15) is 9.62 Å². The Morgan fingerprint density at radius 3 is 2.53 bits per heavy atom. The third-order valence-electron chi connectivity index (χ3n) is 1.95. The zero-order valence-electron chi connectivity index (χ0n) is 11.3. The molecule has 7 heteroatoms. The molecule has 19 heavy (non-hydrogen) atoms. The summed E-state index contributed by atoms with van der Waals surface area (Å²) in [5.41, 5.74) is 0.687. The summed E-state index contributed by atoms with van der Waals surface area (Å²) in [6.45, 7) is 0. The zero-order valence-corrected chi connectivity index (χ0v) is 12.1. The monoisotopic (exact) mass is 280 g/mol. The van der Waals surface area contributed by atoms with Crippen molar-refractivity contribution in [2.24, 2.45) is 9.36 Å². The molecule has 1 aromatic carbocycles. The highest BCUT2D eigenvalue weighted by Crippen LogP contribution is 2.33. The van der Waals surface area contributed by atoms with Gasteiger partial charge in [0.1, 0.15) is 17.4 Å². The maximum Gasteiger partial charge on any atom is 0.137 e. The van der Waals surface area contributed by atoms with Crippen LogP contribution >= 0.6 is 0 Å². The minimum absolute atomic E-state index is 0.0655. The van der Waals surface area contributed by atoms with Gasteiger partial charge in [-0.25, -0.2) is 9.20 Å². The standard InChI is InChI=1S/C12H16N4O2S/c1-16(2)8-14-11-5-9(15-19(3,4)18)6-12(17)10(11)7-13/h5-6,8,17H,1-4H3. The predicted molar refractivity (Wildman–Crippen MR) is 76.7 cm³/mol. The first kappa shape index (κ1) is 15.0. The van der Waals surface area contributed by atoms with E-state index in [4.69, 9.17) is 5.26 Å². The van der Waals surface area contributed by atoms with Crippen LogP contribution in [0.3, 0.4) is 0 Å². The lowest BCUT2D eigenvalue weighted by Gasteiger charge is -2.06. The summed E-state index contributed by atoms with van der Waals surface area (Å²) in [5.74, 6) is -0.224. The van der Waals surface area contributed by atoms with Gasteiger partial charge in [0.2, 0.25) is 0 Å². The first-order valence-corrected chi connectivity index (χ1v) is 7.71. The Kier molecular flexibility index (Phi) is 4.51. The van der Waals surface area contributed by atoms with Gasteiger partial charge in [0.25, 0.3) is 0 Å². The van der Waals surface area contributed by atoms with Crippen LogP contribution in [0.15, 0.2) is 21.5 Å². The van der Waals surface area contributed by atoms with E-state index in [1.54, 1.807) is 19.0 Å². The van der Waals surface area contributed by atoms with E-state index in [-0.39, 0.29) is 11.3 Å². The maximum atomic E-state index is 11.6. The van der Waals surface area contributed by atoms with Crippen LogP contribution in [0, 0.1) is 11.3 Å². The molecule has 0 fully saturated rings. The summed E-state index contributed by atoms with van der Waals surface area (Å²) in [6.07, 6.45) is 4.49. The van der Waals surface area contributed by atoms with E-state index in [1.807, 2.05) is 6.07 Å². The lowest BCUT2D eigenvalue weighted by molar-refractivity contribution is 0.474. The molecule has 0 aliphatic heterocycles. The summed E-state index contributed by atoms with van der Waals surface area (Å²) in [6, 6.07) is 4.71. The van der Waals surface area contributed by atoms with Crippen molar-refractivity contribution >= 4 is 27.4 Å². The Morgan fingerprint density at radius 1 is 1.42 bits per heavy atom. The molecule has 0 unspecified atom stereocenters. The molecule has 0 bridgehead atoms. The molecule has 0 aliphatic rings. The highest BCUT2D eigenvalue weighted by Gasteiger charge is 2.09. The summed E-state index contributed by atoms with van der Waals surface area (Å²) in [4.78, 5) is 5.79. The number of phenolic OH excluding ortho intramolecular Hbond substituents is 1. The van der Waals surface area contributed by atoms with Crippen molar-refractivity contribution < 1.29 is 9.32 Å². The van der Waals surface area contributed by atoms with E-state index < -0.39 is 9.73 Å². The molecule has 1 N–H and O–H groups in total. The molecule has 0 radical (unpaired) electrons. The largest absolute Gasteiger partial charge is 0.506 e. The lowest BCUT2D eigenvalue weighted by Crippen LogP contribution is -2.07.